The van der Waals surface area contributed by atoms with Crippen LogP contribution in [0.25, 0.3) is 10.2 Å². The van der Waals surface area contributed by atoms with E-state index in [1.54, 1.807) is 18.3 Å². The third-order valence-corrected chi connectivity index (χ3v) is 8.19. The molecule has 1 aliphatic rings. The minimum absolute atomic E-state index is 0.0280. The second-order valence-corrected chi connectivity index (χ2v) is 10.4. The number of hydrogen-bond donors (Lipinski definition) is 1. The summed E-state index contributed by atoms with van der Waals surface area (Å²) < 4.78 is 41.0. The summed E-state index contributed by atoms with van der Waals surface area (Å²) in [5.74, 6) is -0.197. The first-order chi connectivity index (χ1) is 17.0. The highest BCUT2D eigenvalue weighted by molar-refractivity contribution is 7.18. The summed E-state index contributed by atoms with van der Waals surface area (Å²) in [7, 11) is 0. The van der Waals surface area contributed by atoms with Gasteiger partial charge in [-0.3, -0.25) is 19.1 Å². The average Bonchev–Trinajstić information content (AvgIpc) is 3.21. The van der Waals surface area contributed by atoms with Gasteiger partial charge < -0.3 is 5.32 Å². The van der Waals surface area contributed by atoms with Gasteiger partial charge in [0.25, 0.3) is 5.56 Å². The lowest BCUT2D eigenvalue weighted by molar-refractivity contribution is -0.137. The van der Waals surface area contributed by atoms with Gasteiger partial charge in [0.15, 0.2) is 0 Å². The van der Waals surface area contributed by atoms with Crippen LogP contribution in [0.2, 0.25) is 5.02 Å². The van der Waals surface area contributed by atoms with Gasteiger partial charge in [0.2, 0.25) is 5.91 Å². The van der Waals surface area contributed by atoms with E-state index in [9.17, 15) is 22.8 Å². The second kappa shape index (κ2) is 10.5. The molecule has 2 aromatic heterocycles. The van der Waals surface area contributed by atoms with Crippen molar-refractivity contribution in [1.82, 2.24) is 14.5 Å². The molecule has 6 nitrogen and oxygen atoms in total. The van der Waals surface area contributed by atoms with Crippen LogP contribution in [-0.2, 0) is 30.4 Å². The first kappa shape index (κ1) is 26.6. The van der Waals surface area contributed by atoms with E-state index in [2.05, 4.69) is 10.2 Å². The summed E-state index contributed by atoms with van der Waals surface area (Å²) in [4.78, 5) is 35.9. The van der Waals surface area contributed by atoms with Gasteiger partial charge in [-0.05, 0) is 69.5 Å². The zero-order chi connectivity index (χ0) is 26.2. The molecule has 0 aliphatic heterocycles. The van der Waals surface area contributed by atoms with Crippen LogP contribution in [0.5, 0.6) is 0 Å². The maximum absolute atomic E-state index is 13.8. The lowest BCUT2D eigenvalue weighted by Gasteiger charge is -2.23. The number of thiophene rings is 1. The van der Waals surface area contributed by atoms with Crippen LogP contribution >= 0.6 is 22.9 Å². The fourth-order valence-electron chi connectivity index (χ4n) is 4.57. The summed E-state index contributed by atoms with van der Waals surface area (Å²) in [6.45, 7) is 7.37. The lowest BCUT2D eigenvalue weighted by atomic mass is 9.97. The number of aryl methyl sites for hydroxylation is 2. The predicted molar refractivity (Wildman–Crippen MR) is 137 cm³/mol. The summed E-state index contributed by atoms with van der Waals surface area (Å²) in [5, 5.41) is 3.01. The minimum Gasteiger partial charge on any atom is -0.323 e. The van der Waals surface area contributed by atoms with E-state index in [-0.39, 0.29) is 16.3 Å². The van der Waals surface area contributed by atoms with Crippen molar-refractivity contribution in [2.24, 2.45) is 0 Å². The van der Waals surface area contributed by atoms with Crippen molar-refractivity contribution in [3.8, 4) is 0 Å². The van der Waals surface area contributed by atoms with Crippen molar-refractivity contribution in [2.75, 3.05) is 18.4 Å². The Morgan fingerprint density at radius 3 is 2.61 bits per heavy atom. The van der Waals surface area contributed by atoms with Crippen molar-refractivity contribution in [1.29, 1.82) is 0 Å². The zero-order valence-corrected chi connectivity index (χ0v) is 21.9. The molecule has 1 aromatic carbocycles. The molecular weight excluding hydrogens is 513 g/mol. The minimum atomic E-state index is -4.59. The molecule has 0 bridgehead atoms. The highest BCUT2D eigenvalue weighted by Gasteiger charge is 2.32. The first-order valence-electron chi connectivity index (χ1n) is 12.0. The van der Waals surface area contributed by atoms with Gasteiger partial charge >= 0.3 is 6.18 Å². The van der Waals surface area contributed by atoms with Crippen LogP contribution in [-0.4, -0.2) is 33.4 Å². The number of rotatable bonds is 7. The number of anilines is 1. The molecule has 0 saturated carbocycles. The van der Waals surface area contributed by atoms with E-state index >= 15 is 0 Å². The second-order valence-electron chi connectivity index (χ2n) is 8.91. The van der Waals surface area contributed by atoms with Gasteiger partial charge in [-0.2, -0.15) is 13.2 Å². The fourth-order valence-corrected chi connectivity index (χ4v) is 6.01. The third kappa shape index (κ3) is 5.17. The summed E-state index contributed by atoms with van der Waals surface area (Å²) in [6.07, 6.45) is -0.829. The van der Waals surface area contributed by atoms with Crippen LogP contribution in [0.3, 0.4) is 0 Å². The Morgan fingerprint density at radius 1 is 1.25 bits per heavy atom. The Kier molecular flexibility index (Phi) is 7.78. The number of aromatic nitrogens is 2. The normalized spacial score (nSPS) is 14.8. The molecule has 3 aromatic rings. The van der Waals surface area contributed by atoms with E-state index in [0.717, 1.165) is 62.5 Å². The number of carbonyl (C=O) groups is 1. The molecule has 1 atom stereocenters. The number of alkyl halides is 3. The SMILES string of the molecule is CCN(CC)Cc1nc2sc3c(c2c(=O)n1C(C)C(=O)Nc1cc(C(F)(F)F)ccc1Cl)CCCC3. The van der Waals surface area contributed by atoms with Crippen molar-refractivity contribution < 1.29 is 18.0 Å². The maximum Gasteiger partial charge on any atom is 0.416 e. The van der Waals surface area contributed by atoms with Crippen LogP contribution in [0.15, 0.2) is 23.0 Å². The van der Waals surface area contributed by atoms with Gasteiger partial charge in [-0.25, -0.2) is 4.98 Å². The molecule has 0 saturated heterocycles. The van der Waals surface area contributed by atoms with Gasteiger partial charge in [-0.15, -0.1) is 11.3 Å². The molecule has 1 unspecified atom stereocenters. The monoisotopic (exact) mass is 540 g/mol. The van der Waals surface area contributed by atoms with Crippen molar-refractivity contribution >= 4 is 44.7 Å². The van der Waals surface area contributed by atoms with E-state index < -0.39 is 23.7 Å². The lowest BCUT2D eigenvalue weighted by Crippen LogP contribution is -2.37. The zero-order valence-electron chi connectivity index (χ0n) is 20.3. The smallest absolute Gasteiger partial charge is 0.323 e. The topological polar surface area (TPSA) is 67.2 Å². The Labute approximate surface area is 216 Å². The average molecular weight is 541 g/mol. The van der Waals surface area contributed by atoms with Crippen molar-refractivity contribution in [3.05, 3.63) is 55.4 Å². The van der Waals surface area contributed by atoms with Crippen LogP contribution in [0.4, 0.5) is 18.9 Å². The highest BCUT2D eigenvalue weighted by Crippen LogP contribution is 2.35. The van der Waals surface area contributed by atoms with E-state index in [1.165, 1.54) is 9.44 Å². The number of halogens is 4. The molecule has 1 aliphatic carbocycles. The summed E-state index contributed by atoms with van der Waals surface area (Å²) in [6, 6.07) is 1.72. The molecular formula is C25H28ClF3N4O2S. The first-order valence-corrected chi connectivity index (χ1v) is 13.2. The number of carbonyl (C=O) groups excluding carboxylic acids is 1. The van der Waals surface area contributed by atoms with Gasteiger partial charge in [0, 0.05) is 4.88 Å². The standard InChI is InChI=1S/C25H28ClF3N4O2S/c1-4-32(5-2)13-20-31-23-21(16-8-6-7-9-19(16)36-23)24(35)33(20)14(3)22(34)30-18-12-15(25(27,28)29)10-11-17(18)26/h10-12,14H,4-9,13H2,1-3H3,(H,30,34). The molecule has 0 spiro atoms. The number of benzene rings is 1. The Morgan fingerprint density at radius 2 is 1.94 bits per heavy atom. The maximum atomic E-state index is 13.8. The molecule has 1 N–H and O–H groups in total. The van der Waals surface area contributed by atoms with Crippen LogP contribution < -0.4 is 10.9 Å². The molecule has 194 valence electrons. The van der Waals surface area contributed by atoms with Gasteiger partial charge in [0.1, 0.15) is 16.7 Å². The van der Waals surface area contributed by atoms with E-state index in [1.807, 2.05) is 13.8 Å². The largest absolute Gasteiger partial charge is 0.416 e. The Balaban J connectivity index is 1.78. The Hall–Kier alpha value is -2.43. The van der Waals surface area contributed by atoms with Gasteiger partial charge in [0.05, 0.1) is 28.2 Å². The predicted octanol–water partition coefficient (Wildman–Crippen LogP) is 6.05. The number of nitrogens with one attached hydrogen (secondary N) is 1. The highest BCUT2D eigenvalue weighted by atomic mass is 35.5. The molecule has 11 heteroatoms. The Bertz CT molecular complexity index is 1350. The summed E-state index contributed by atoms with van der Waals surface area (Å²) in [5.41, 5.74) is -0.374. The molecule has 36 heavy (non-hydrogen) atoms. The molecule has 0 radical (unpaired) electrons. The van der Waals surface area contributed by atoms with Gasteiger partial charge in [-0.1, -0.05) is 25.4 Å². The van der Waals surface area contributed by atoms with Crippen molar-refractivity contribution in [3.63, 3.8) is 0 Å². The quantitative estimate of drug-likeness (QED) is 0.396. The van der Waals surface area contributed by atoms with E-state index in [4.69, 9.17) is 16.6 Å². The number of hydrogen-bond acceptors (Lipinski definition) is 5. The van der Waals surface area contributed by atoms with Crippen molar-refractivity contribution in [2.45, 2.75) is 65.2 Å². The van der Waals surface area contributed by atoms with E-state index in [0.29, 0.717) is 22.6 Å². The van der Waals surface area contributed by atoms with Crippen LogP contribution in [0.1, 0.15) is 61.5 Å². The van der Waals surface area contributed by atoms with Crippen LogP contribution in [0, 0.1) is 0 Å². The molecule has 4 rings (SSSR count). The molecule has 1 amide bonds. The number of amides is 1. The fraction of sp³-hybridized carbons (Fsp3) is 0.480. The molecule has 0 fully saturated rings. The summed E-state index contributed by atoms with van der Waals surface area (Å²) >= 11 is 7.62. The third-order valence-electron chi connectivity index (χ3n) is 6.67. The molecule has 2 heterocycles. The number of fused-ring (bicyclic) bond motifs is 3. The number of nitrogens with zero attached hydrogens (tertiary/aromatic N) is 3.